The van der Waals surface area contributed by atoms with Gasteiger partial charge in [0.15, 0.2) is 0 Å². The van der Waals surface area contributed by atoms with E-state index in [9.17, 15) is 4.79 Å². The molecule has 4 rings (SSSR count). The van der Waals surface area contributed by atoms with E-state index in [0.717, 1.165) is 51.4 Å². The van der Waals surface area contributed by atoms with Crippen molar-refractivity contribution in [2.45, 2.75) is 134 Å². The molecular formula is C28H44O4. The van der Waals surface area contributed by atoms with Gasteiger partial charge in [0, 0.05) is 11.8 Å². The maximum Gasteiger partial charge on any atom is 0.309 e. The van der Waals surface area contributed by atoms with E-state index in [0.29, 0.717) is 24.7 Å². The van der Waals surface area contributed by atoms with Crippen molar-refractivity contribution in [1.82, 2.24) is 0 Å². The largest absolute Gasteiger partial charge is 0.462 e. The number of esters is 1. The van der Waals surface area contributed by atoms with Crippen LogP contribution in [0.3, 0.4) is 0 Å². The second kappa shape index (κ2) is 13.0. The average molecular weight is 445 g/mol. The first-order chi connectivity index (χ1) is 15.8. The lowest BCUT2D eigenvalue weighted by Crippen LogP contribution is -2.32. The fraction of sp³-hybridized carbons (Fsp3) is 0.893. The molecule has 0 saturated heterocycles. The molecule has 0 N–H and O–H groups in total. The highest BCUT2D eigenvalue weighted by atomic mass is 16.7. The third-order valence-corrected chi connectivity index (χ3v) is 8.22. The molecule has 4 nitrogen and oxygen atoms in total. The molecule has 0 heterocycles. The molecule has 0 aromatic rings. The van der Waals surface area contributed by atoms with E-state index in [-0.39, 0.29) is 24.1 Å². The zero-order valence-corrected chi connectivity index (χ0v) is 20.0. The maximum absolute atomic E-state index is 12.7. The minimum Gasteiger partial charge on any atom is -0.462 e. The van der Waals surface area contributed by atoms with Crippen LogP contribution in [0.1, 0.15) is 116 Å². The Kier molecular flexibility index (Phi) is 9.78. The van der Waals surface area contributed by atoms with E-state index >= 15 is 0 Å². The summed E-state index contributed by atoms with van der Waals surface area (Å²) in [4.78, 5) is 12.7. The van der Waals surface area contributed by atoms with Crippen LogP contribution in [-0.2, 0) is 19.0 Å². The van der Waals surface area contributed by atoms with Crippen molar-refractivity contribution in [3.8, 4) is 11.8 Å². The summed E-state index contributed by atoms with van der Waals surface area (Å²) >= 11 is 0. The van der Waals surface area contributed by atoms with E-state index < -0.39 is 0 Å². The number of carbonyl (C=O) groups is 1. The number of ether oxygens (including phenoxy) is 3. The lowest BCUT2D eigenvalue weighted by atomic mass is 9.81. The van der Waals surface area contributed by atoms with Crippen molar-refractivity contribution in [3.63, 3.8) is 0 Å². The van der Waals surface area contributed by atoms with Crippen LogP contribution >= 0.6 is 0 Å². The summed E-state index contributed by atoms with van der Waals surface area (Å²) in [6, 6.07) is 0. The first-order valence-electron chi connectivity index (χ1n) is 13.7. The average Bonchev–Trinajstić information content (AvgIpc) is 2.85. The Morgan fingerprint density at radius 1 is 0.562 bits per heavy atom. The lowest BCUT2D eigenvalue weighted by molar-refractivity contribution is -0.162. The van der Waals surface area contributed by atoms with Crippen molar-refractivity contribution >= 4 is 5.97 Å². The van der Waals surface area contributed by atoms with Crippen LogP contribution in [0, 0.1) is 29.6 Å². The van der Waals surface area contributed by atoms with Gasteiger partial charge in [-0.3, -0.25) is 4.79 Å². The second-order valence-corrected chi connectivity index (χ2v) is 10.7. The fourth-order valence-electron chi connectivity index (χ4n) is 6.00. The van der Waals surface area contributed by atoms with Crippen LogP contribution in [0.2, 0.25) is 0 Å². The molecule has 0 aromatic carbocycles. The van der Waals surface area contributed by atoms with Gasteiger partial charge >= 0.3 is 5.97 Å². The third-order valence-electron chi connectivity index (χ3n) is 8.22. The summed E-state index contributed by atoms with van der Waals surface area (Å²) < 4.78 is 17.8. The van der Waals surface area contributed by atoms with Gasteiger partial charge in [0.05, 0.1) is 18.1 Å². The van der Waals surface area contributed by atoms with Gasteiger partial charge in [0.1, 0.15) is 12.9 Å². The Morgan fingerprint density at radius 2 is 1.06 bits per heavy atom. The van der Waals surface area contributed by atoms with E-state index in [4.69, 9.17) is 14.2 Å². The highest BCUT2D eigenvalue weighted by Crippen LogP contribution is 2.32. The minimum atomic E-state index is 0.0358. The molecule has 32 heavy (non-hydrogen) atoms. The first-order valence-corrected chi connectivity index (χ1v) is 13.7. The highest BCUT2D eigenvalue weighted by molar-refractivity contribution is 5.72. The van der Waals surface area contributed by atoms with Crippen molar-refractivity contribution in [1.29, 1.82) is 0 Å². The van der Waals surface area contributed by atoms with Gasteiger partial charge in [0.2, 0.25) is 0 Å². The van der Waals surface area contributed by atoms with Gasteiger partial charge < -0.3 is 14.2 Å². The van der Waals surface area contributed by atoms with Crippen LogP contribution in [0.5, 0.6) is 0 Å². The Bertz CT molecular complexity index is 607. The monoisotopic (exact) mass is 444 g/mol. The quantitative estimate of drug-likeness (QED) is 0.264. The third kappa shape index (κ3) is 7.77. The Balaban J connectivity index is 1.07. The summed E-state index contributed by atoms with van der Waals surface area (Å²) in [7, 11) is 0. The van der Waals surface area contributed by atoms with E-state index in [1.54, 1.807) is 0 Å². The molecule has 0 unspecified atom stereocenters. The lowest BCUT2D eigenvalue weighted by Gasteiger charge is -2.31. The molecule has 4 aliphatic rings. The van der Waals surface area contributed by atoms with Crippen LogP contribution in [-0.4, -0.2) is 31.1 Å². The summed E-state index contributed by atoms with van der Waals surface area (Å²) in [6.07, 6.45) is 21.4. The van der Waals surface area contributed by atoms with Gasteiger partial charge in [-0.2, -0.15) is 0 Å². The molecule has 0 radical (unpaired) electrons. The van der Waals surface area contributed by atoms with Gasteiger partial charge in [-0.05, 0) is 77.0 Å². The number of carbonyl (C=O) groups excluding carboxylic acids is 1. The summed E-state index contributed by atoms with van der Waals surface area (Å²) in [5, 5.41) is 0. The van der Waals surface area contributed by atoms with Crippen LogP contribution in [0.25, 0.3) is 0 Å². The van der Waals surface area contributed by atoms with E-state index in [2.05, 4.69) is 11.8 Å². The van der Waals surface area contributed by atoms with Crippen LogP contribution in [0.4, 0.5) is 0 Å². The van der Waals surface area contributed by atoms with Gasteiger partial charge in [-0.1, -0.05) is 50.4 Å². The molecule has 0 spiro atoms. The molecule has 0 bridgehead atoms. The second-order valence-electron chi connectivity index (χ2n) is 10.7. The fourth-order valence-corrected chi connectivity index (χ4v) is 6.00. The predicted octanol–water partition coefficient (Wildman–Crippen LogP) is 6.55. The molecule has 180 valence electrons. The predicted molar refractivity (Wildman–Crippen MR) is 126 cm³/mol. The number of hydrogen-bond acceptors (Lipinski definition) is 4. The molecule has 4 aliphatic carbocycles. The van der Waals surface area contributed by atoms with Crippen molar-refractivity contribution in [3.05, 3.63) is 0 Å². The summed E-state index contributed by atoms with van der Waals surface area (Å²) in [5.41, 5.74) is 0. The summed E-state index contributed by atoms with van der Waals surface area (Å²) in [6.45, 7) is 0.423. The first kappa shape index (κ1) is 24.1. The van der Waals surface area contributed by atoms with E-state index in [1.807, 2.05) is 0 Å². The molecule has 0 aliphatic heterocycles. The zero-order valence-electron chi connectivity index (χ0n) is 20.0. The minimum absolute atomic E-state index is 0.0358. The van der Waals surface area contributed by atoms with Crippen molar-refractivity contribution in [2.24, 2.45) is 17.8 Å². The van der Waals surface area contributed by atoms with Gasteiger partial charge in [-0.25, -0.2) is 0 Å². The molecular weight excluding hydrogens is 400 g/mol. The summed E-state index contributed by atoms with van der Waals surface area (Å²) in [5.74, 6) is 8.34. The Hall–Kier alpha value is -1.05. The van der Waals surface area contributed by atoms with Gasteiger partial charge in [-0.15, -0.1) is 0 Å². The highest BCUT2D eigenvalue weighted by Gasteiger charge is 2.30. The Labute approximate surface area is 195 Å². The number of hydrogen-bond donors (Lipinski definition) is 0. The molecule has 4 heteroatoms. The molecule has 4 fully saturated rings. The topological polar surface area (TPSA) is 44.8 Å². The maximum atomic E-state index is 12.7. The smallest absolute Gasteiger partial charge is 0.309 e. The van der Waals surface area contributed by atoms with Crippen LogP contribution in [0.15, 0.2) is 0 Å². The SMILES string of the molecule is O=C(OC1CCC(OCOC2CCCCC2)CC1)C1CCC(C#CC2CCCCC2)CC1. The Morgan fingerprint density at radius 3 is 1.69 bits per heavy atom. The number of rotatable bonds is 6. The van der Waals surface area contributed by atoms with E-state index in [1.165, 1.54) is 64.2 Å². The van der Waals surface area contributed by atoms with Crippen molar-refractivity contribution < 1.29 is 19.0 Å². The van der Waals surface area contributed by atoms with Gasteiger partial charge in [0.25, 0.3) is 0 Å². The molecule has 0 amide bonds. The molecule has 4 saturated carbocycles. The zero-order chi connectivity index (χ0) is 22.0. The normalized spacial score (nSPS) is 32.6. The molecule has 0 atom stereocenters. The van der Waals surface area contributed by atoms with Crippen LogP contribution < -0.4 is 0 Å². The standard InChI is InChI=1S/C28H44O4/c29-28(24-15-13-23(14-16-24)12-11-22-7-3-1-4-8-22)32-27-19-17-26(18-20-27)31-21-30-25-9-5-2-6-10-25/h22-27H,1-10,13-21H2. The molecule has 0 aromatic heterocycles. The van der Waals surface area contributed by atoms with Crippen molar-refractivity contribution in [2.75, 3.05) is 6.79 Å².